The number of aromatic nitrogens is 3. The van der Waals surface area contributed by atoms with Gasteiger partial charge in [-0.05, 0) is 60.2 Å². The van der Waals surface area contributed by atoms with Crippen LogP contribution in [0.15, 0.2) is 77.7 Å². The van der Waals surface area contributed by atoms with E-state index >= 15 is 0 Å². The summed E-state index contributed by atoms with van der Waals surface area (Å²) in [7, 11) is 0. The monoisotopic (exact) mass is 649 g/mol. The van der Waals surface area contributed by atoms with E-state index in [1.165, 1.54) is 35.3 Å². The maximum atomic E-state index is 13.1. The van der Waals surface area contributed by atoms with Crippen molar-refractivity contribution in [2.24, 2.45) is 5.92 Å². The van der Waals surface area contributed by atoms with Crippen molar-refractivity contribution in [2.75, 3.05) is 11.9 Å². The fraction of sp³-hybridized carbons (Fsp3) is 0.410. The number of benzene rings is 3. The van der Waals surface area contributed by atoms with E-state index in [1.54, 1.807) is 0 Å². The first kappa shape index (κ1) is 33.0. The first-order valence-electron chi connectivity index (χ1n) is 17.0. The molecule has 6 rings (SSSR count). The Morgan fingerprint density at radius 2 is 1.68 bits per heavy atom. The molecule has 1 aliphatic carbocycles. The van der Waals surface area contributed by atoms with Crippen LogP contribution in [-0.2, 0) is 30.9 Å². The van der Waals surface area contributed by atoms with E-state index in [-0.39, 0.29) is 11.4 Å². The van der Waals surface area contributed by atoms with Gasteiger partial charge in [0.1, 0.15) is 17.9 Å². The summed E-state index contributed by atoms with van der Waals surface area (Å²) in [4.78, 5) is 24.3. The molecule has 0 saturated heterocycles. The zero-order valence-electron chi connectivity index (χ0n) is 28.1. The van der Waals surface area contributed by atoms with Gasteiger partial charge in [-0.2, -0.15) is 0 Å². The van der Waals surface area contributed by atoms with Crippen LogP contribution in [0.25, 0.3) is 21.9 Å². The van der Waals surface area contributed by atoms with Crippen LogP contribution in [0.4, 0.5) is 10.6 Å². The van der Waals surface area contributed by atoms with Crippen molar-refractivity contribution < 1.29 is 9.53 Å². The number of thioether (sulfide) groups is 1. The van der Waals surface area contributed by atoms with E-state index in [1.807, 2.05) is 42.1 Å². The van der Waals surface area contributed by atoms with Crippen LogP contribution in [0, 0.1) is 5.92 Å². The third kappa shape index (κ3) is 8.93. The Morgan fingerprint density at radius 1 is 0.957 bits per heavy atom. The van der Waals surface area contributed by atoms with Crippen molar-refractivity contribution in [2.45, 2.75) is 95.6 Å². The van der Waals surface area contributed by atoms with Crippen LogP contribution >= 0.6 is 11.8 Å². The fourth-order valence-corrected chi connectivity index (χ4v) is 6.82. The van der Waals surface area contributed by atoms with Gasteiger partial charge in [0.25, 0.3) is 0 Å². The topological polar surface area (TPSA) is 81.1 Å². The van der Waals surface area contributed by atoms with E-state index in [9.17, 15) is 4.79 Å². The lowest BCUT2D eigenvalue weighted by atomic mass is 10.1. The van der Waals surface area contributed by atoms with Gasteiger partial charge in [-0.1, -0.05) is 102 Å². The number of carbonyl (C=O) groups is 1. The molecule has 0 spiro atoms. The number of unbranched alkanes of at least 4 members (excludes halogenated alkanes) is 1. The van der Waals surface area contributed by atoms with E-state index in [0.717, 1.165) is 66.1 Å². The highest BCUT2D eigenvalue weighted by Gasteiger charge is 2.21. The summed E-state index contributed by atoms with van der Waals surface area (Å²) in [5.41, 5.74) is 5.91. The molecule has 246 valence electrons. The summed E-state index contributed by atoms with van der Waals surface area (Å²) in [6.07, 6.45) is 6.48. The number of nitrogens with zero attached hydrogens (tertiary/aromatic N) is 3. The molecule has 0 radical (unpaired) electrons. The number of fused-ring (bicyclic) bond motifs is 3. The minimum Gasteiger partial charge on any atom is -0.444 e. The minimum absolute atomic E-state index is 0.135. The Labute approximate surface area is 282 Å². The molecule has 0 aliphatic heterocycles. The molecule has 3 aromatic carbocycles. The third-order valence-corrected chi connectivity index (χ3v) is 9.59. The van der Waals surface area contributed by atoms with Gasteiger partial charge < -0.3 is 14.6 Å². The summed E-state index contributed by atoms with van der Waals surface area (Å²) in [6.45, 7) is 11.6. The molecule has 2 N–H and O–H groups in total. The number of anilines is 1. The molecule has 0 atom stereocenters. The molecule has 2 aromatic heterocycles. The number of aryl methyl sites for hydroxylation is 1. The van der Waals surface area contributed by atoms with Crippen LogP contribution in [0.1, 0.15) is 82.3 Å². The molecule has 1 amide bonds. The Bertz CT molecular complexity index is 1800. The number of nitrogens with one attached hydrogen (secondary N) is 2. The van der Waals surface area contributed by atoms with E-state index in [2.05, 4.69) is 85.4 Å². The molecule has 1 aliphatic rings. The van der Waals surface area contributed by atoms with Crippen LogP contribution in [0.3, 0.4) is 0 Å². The molecule has 0 bridgehead atoms. The zero-order valence-corrected chi connectivity index (χ0v) is 29.0. The molecule has 7 nitrogen and oxygen atoms in total. The van der Waals surface area contributed by atoms with Crippen molar-refractivity contribution in [3.8, 4) is 0 Å². The second-order valence-electron chi connectivity index (χ2n) is 13.7. The first-order chi connectivity index (χ1) is 22.8. The largest absolute Gasteiger partial charge is 0.444 e. The predicted molar refractivity (Wildman–Crippen MR) is 194 cm³/mol. The molecule has 1 fully saturated rings. The number of imidazole rings is 1. The Hall–Kier alpha value is -3.88. The van der Waals surface area contributed by atoms with Gasteiger partial charge in [-0.15, -0.1) is 11.8 Å². The fourth-order valence-electron chi connectivity index (χ4n) is 5.84. The van der Waals surface area contributed by atoms with Crippen molar-refractivity contribution >= 4 is 45.6 Å². The molecule has 1 saturated carbocycles. The molecular weight excluding hydrogens is 603 g/mol. The van der Waals surface area contributed by atoms with E-state index < -0.39 is 6.09 Å². The van der Waals surface area contributed by atoms with Crippen LogP contribution in [0.5, 0.6) is 0 Å². The lowest BCUT2D eigenvalue weighted by molar-refractivity contribution is 0.155. The molecule has 8 heteroatoms. The number of rotatable bonds is 14. The summed E-state index contributed by atoms with van der Waals surface area (Å²) < 4.78 is 8.10. The Morgan fingerprint density at radius 3 is 2.40 bits per heavy atom. The smallest absolute Gasteiger partial charge is 0.413 e. The normalized spacial score (nSPS) is 13.4. The van der Waals surface area contributed by atoms with Gasteiger partial charge in [0.05, 0.1) is 11.0 Å². The third-order valence-electron chi connectivity index (χ3n) is 8.47. The standard InChI is InChI=1S/C39H47N5O2S/c1-5-6-11-34-42-35-36(44(34)25-29-16-14-28(15-17-29)24-40-23-22-27-12-13-27)32-9-7-8-10-33(32)41-37(35)43-38(45)46-26-30-18-20-31(21-19-30)47-39(2,3)4/h7-10,14-21,27,40H,5-6,11-13,22-26H2,1-4H3,(H,41,43,45). The number of amides is 1. The number of hydrogen-bond donors (Lipinski definition) is 2. The highest BCUT2D eigenvalue weighted by molar-refractivity contribution is 8.00. The highest BCUT2D eigenvalue weighted by atomic mass is 32.2. The van der Waals surface area contributed by atoms with Crippen molar-refractivity contribution in [1.29, 1.82) is 0 Å². The number of para-hydroxylation sites is 1. The summed E-state index contributed by atoms with van der Waals surface area (Å²) in [5.74, 6) is 2.37. The number of ether oxygens (including phenoxy) is 1. The minimum atomic E-state index is -0.548. The van der Waals surface area contributed by atoms with Crippen LogP contribution < -0.4 is 10.6 Å². The quantitative estimate of drug-likeness (QED) is 0.0921. The van der Waals surface area contributed by atoms with Gasteiger partial charge in [0, 0.05) is 34.5 Å². The van der Waals surface area contributed by atoms with Crippen LogP contribution in [0.2, 0.25) is 0 Å². The second kappa shape index (κ2) is 14.9. The summed E-state index contributed by atoms with van der Waals surface area (Å²) in [6, 6.07) is 25.1. The zero-order chi connectivity index (χ0) is 32.8. The van der Waals surface area contributed by atoms with Gasteiger partial charge in [-0.25, -0.2) is 14.8 Å². The van der Waals surface area contributed by atoms with Crippen molar-refractivity contribution in [3.63, 3.8) is 0 Å². The van der Waals surface area contributed by atoms with Crippen LogP contribution in [-0.4, -0.2) is 31.9 Å². The Kier molecular flexibility index (Phi) is 10.5. The molecular formula is C39H47N5O2S. The van der Waals surface area contributed by atoms with Gasteiger partial charge in [-0.3, -0.25) is 5.32 Å². The Balaban J connectivity index is 1.22. The van der Waals surface area contributed by atoms with Gasteiger partial charge in [0.2, 0.25) is 0 Å². The second-order valence-corrected chi connectivity index (χ2v) is 15.6. The van der Waals surface area contributed by atoms with Crippen molar-refractivity contribution in [1.82, 2.24) is 19.9 Å². The molecule has 2 heterocycles. The average molecular weight is 650 g/mol. The van der Waals surface area contributed by atoms with Gasteiger partial charge in [0.15, 0.2) is 5.82 Å². The van der Waals surface area contributed by atoms with E-state index in [0.29, 0.717) is 17.9 Å². The van der Waals surface area contributed by atoms with E-state index in [4.69, 9.17) is 14.7 Å². The average Bonchev–Trinajstić information content (AvgIpc) is 3.81. The summed E-state index contributed by atoms with van der Waals surface area (Å²) in [5, 5.41) is 7.55. The number of hydrogen-bond acceptors (Lipinski definition) is 6. The first-order valence-corrected chi connectivity index (χ1v) is 17.9. The SMILES string of the molecule is CCCCc1nc2c(NC(=O)OCc3ccc(SC(C)(C)C)cc3)nc3ccccc3c2n1Cc1ccc(CNCCC2CC2)cc1. The highest BCUT2D eigenvalue weighted by Crippen LogP contribution is 2.33. The molecule has 5 aromatic rings. The lowest BCUT2D eigenvalue weighted by Crippen LogP contribution is -2.15. The number of pyridine rings is 1. The summed E-state index contributed by atoms with van der Waals surface area (Å²) >= 11 is 1.81. The predicted octanol–water partition coefficient (Wildman–Crippen LogP) is 9.50. The number of carbonyl (C=O) groups excluding carboxylic acids is 1. The maximum Gasteiger partial charge on any atom is 0.413 e. The molecule has 0 unspecified atom stereocenters. The van der Waals surface area contributed by atoms with Gasteiger partial charge >= 0.3 is 6.09 Å². The molecule has 47 heavy (non-hydrogen) atoms. The lowest BCUT2D eigenvalue weighted by Gasteiger charge is -2.17. The van der Waals surface area contributed by atoms with Crippen molar-refractivity contribution in [3.05, 3.63) is 95.3 Å². The maximum absolute atomic E-state index is 13.1.